The van der Waals surface area contributed by atoms with E-state index in [1.807, 2.05) is 31.2 Å². The van der Waals surface area contributed by atoms with Gasteiger partial charge in [0.1, 0.15) is 4.88 Å². The molecule has 0 radical (unpaired) electrons. The molecule has 0 saturated carbocycles. The van der Waals surface area contributed by atoms with Gasteiger partial charge >= 0.3 is 0 Å². The molecule has 3 aromatic rings. The van der Waals surface area contributed by atoms with E-state index in [4.69, 9.17) is 0 Å². The normalized spacial score (nSPS) is 13.8. The van der Waals surface area contributed by atoms with Crippen molar-refractivity contribution >= 4 is 38.1 Å². The summed E-state index contributed by atoms with van der Waals surface area (Å²) < 4.78 is 27.8. The molecule has 0 unspecified atom stereocenters. The number of hydrogen-bond donors (Lipinski definition) is 1. The zero-order valence-corrected chi connectivity index (χ0v) is 17.8. The number of nitrogens with one attached hydrogen (secondary N) is 1. The molecule has 4 rings (SSSR count). The maximum absolute atomic E-state index is 13.2. The van der Waals surface area contributed by atoms with Gasteiger partial charge in [-0.3, -0.25) is 9.52 Å². The van der Waals surface area contributed by atoms with Crippen LogP contribution in [-0.2, 0) is 16.4 Å². The maximum atomic E-state index is 13.2. The number of rotatable bonds is 4. The highest BCUT2D eigenvalue weighted by atomic mass is 32.2. The van der Waals surface area contributed by atoms with Gasteiger partial charge in [-0.25, -0.2) is 13.4 Å². The summed E-state index contributed by atoms with van der Waals surface area (Å²) in [6.07, 6.45) is 1.84. The Bertz CT molecular complexity index is 1170. The molecule has 1 aliphatic rings. The number of thiazole rings is 1. The van der Waals surface area contributed by atoms with Gasteiger partial charge in [0, 0.05) is 12.2 Å². The topological polar surface area (TPSA) is 79.4 Å². The third-order valence-corrected chi connectivity index (χ3v) is 7.44. The summed E-state index contributed by atoms with van der Waals surface area (Å²) in [6.45, 7) is 4.26. The van der Waals surface area contributed by atoms with Crippen molar-refractivity contribution in [2.75, 3.05) is 16.2 Å². The van der Waals surface area contributed by atoms with Crippen LogP contribution >= 0.6 is 11.3 Å². The van der Waals surface area contributed by atoms with Crippen molar-refractivity contribution in [3.63, 3.8) is 0 Å². The van der Waals surface area contributed by atoms with Gasteiger partial charge in [0.15, 0.2) is 5.13 Å². The zero-order valence-electron chi connectivity index (χ0n) is 16.2. The van der Waals surface area contributed by atoms with Crippen molar-refractivity contribution in [2.24, 2.45) is 0 Å². The monoisotopic (exact) mass is 427 g/mol. The zero-order chi connectivity index (χ0) is 20.6. The average Bonchev–Trinajstić information content (AvgIpc) is 3.06. The molecule has 150 valence electrons. The van der Waals surface area contributed by atoms with Gasteiger partial charge in [0.2, 0.25) is 0 Å². The van der Waals surface area contributed by atoms with Gasteiger partial charge in [-0.1, -0.05) is 47.2 Å². The molecule has 0 saturated heterocycles. The lowest BCUT2D eigenvalue weighted by atomic mass is 10.0. The second kappa shape index (κ2) is 7.61. The van der Waals surface area contributed by atoms with Gasteiger partial charge in [-0.05, 0) is 50.5 Å². The van der Waals surface area contributed by atoms with Crippen LogP contribution in [0, 0.1) is 13.8 Å². The Morgan fingerprint density at radius 3 is 2.59 bits per heavy atom. The van der Waals surface area contributed by atoms with Crippen molar-refractivity contribution in [3.8, 4) is 0 Å². The summed E-state index contributed by atoms with van der Waals surface area (Å²) in [5.41, 5.74) is 3.56. The maximum Gasteiger partial charge on any atom is 0.270 e. The molecule has 0 atom stereocenters. The van der Waals surface area contributed by atoms with Gasteiger partial charge in [0.25, 0.3) is 15.9 Å². The minimum absolute atomic E-state index is 0.145. The van der Waals surface area contributed by atoms with Crippen LogP contribution in [0.5, 0.6) is 0 Å². The van der Waals surface area contributed by atoms with E-state index in [9.17, 15) is 13.2 Å². The molecule has 2 heterocycles. The molecular formula is C21H21N3O3S2. The highest BCUT2D eigenvalue weighted by Gasteiger charge is 2.27. The van der Waals surface area contributed by atoms with E-state index in [-0.39, 0.29) is 15.9 Å². The summed E-state index contributed by atoms with van der Waals surface area (Å²) in [5.74, 6) is -0.145. The fourth-order valence-electron chi connectivity index (χ4n) is 3.40. The van der Waals surface area contributed by atoms with E-state index in [1.165, 1.54) is 0 Å². The van der Waals surface area contributed by atoms with Crippen LogP contribution in [0.25, 0.3) is 0 Å². The Morgan fingerprint density at radius 2 is 1.83 bits per heavy atom. The molecule has 2 aromatic carbocycles. The molecule has 1 aliphatic heterocycles. The van der Waals surface area contributed by atoms with E-state index in [2.05, 4.69) is 9.71 Å². The molecular weight excluding hydrogens is 406 g/mol. The van der Waals surface area contributed by atoms with E-state index in [1.54, 1.807) is 36.1 Å². The number of hydrogen-bond acceptors (Lipinski definition) is 5. The van der Waals surface area contributed by atoms with Crippen LogP contribution in [0.15, 0.2) is 53.4 Å². The van der Waals surface area contributed by atoms with E-state index >= 15 is 0 Å². The lowest BCUT2D eigenvalue weighted by Crippen LogP contribution is -2.35. The summed E-state index contributed by atoms with van der Waals surface area (Å²) >= 11 is 1.07. The van der Waals surface area contributed by atoms with Gasteiger partial charge in [-0.2, -0.15) is 0 Å². The van der Waals surface area contributed by atoms with Crippen molar-refractivity contribution in [1.82, 2.24) is 4.98 Å². The molecule has 29 heavy (non-hydrogen) atoms. The van der Waals surface area contributed by atoms with Crippen molar-refractivity contribution in [3.05, 3.63) is 70.2 Å². The Kier molecular flexibility index (Phi) is 5.14. The molecule has 6 nitrogen and oxygen atoms in total. The van der Waals surface area contributed by atoms with E-state index in [0.717, 1.165) is 41.0 Å². The number of sulfonamides is 1. The first-order chi connectivity index (χ1) is 13.8. The third-order valence-electron chi connectivity index (χ3n) is 4.90. The van der Waals surface area contributed by atoms with Gasteiger partial charge in [-0.15, -0.1) is 0 Å². The second-order valence-electron chi connectivity index (χ2n) is 7.04. The average molecular weight is 428 g/mol. The van der Waals surface area contributed by atoms with E-state index < -0.39 is 10.0 Å². The fraction of sp³-hybridized carbons (Fsp3) is 0.238. The highest BCUT2D eigenvalue weighted by molar-refractivity contribution is 7.93. The smallest absolute Gasteiger partial charge is 0.270 e. The van der Waals surface area contributed by atoms with Crippen LogP contribution < -0.4 is 9.62 Å². The summed E-state index contributed by atoms with van der Waals surface area (Å²) in [6, 6.07) is 14.5. The first kappa shape index (κ1) is 19.6. The quantitative estimate of drug-likeness (QED) is 0.678. The molecule has 1 amide bonds. The molecule has 8 heteroatoms. The number of carbonyl (C=O) groups is 1. The van der Waals surface area contributed by atoms with Crippen molar-refractivity contribution in [2.45, 2.75) is 31.6 Å². The summed E-state index contributed by atoms with van der Waals surface area (Å²) in [5, 5.41) is 0.191. The molecule has 0 aliphatic carbocycles. The van der Waals surface area contributed by atoms with Gasteiger partial charge < -0.3 is 4.90 Å². The minimum Gasteiger partial charge on any atom is -0.307 e. The standard InChI is InChI=1S/C21H21N3O3S2/c1-14-9-11-17(12-10-14)29(26,27)23-21-22-15(2)19(28-21)20(25)24-13-5-7-16-6-3-4-8-18(16)24/h3-4,6,8-12H,5,7,13H2,1-2H3,(H,22,23). The Balaban J connectivity index is 1.60. The first-order valence-electron chi connectivity index (χ1n) is 9.32. The molecule has 0 bridgehead atoms. The predicted molar refractivity (Wildman–Crippen MR) is 115 cm³/mol. The number of benzene rings is 2. The van der Waals surface area contributed by atoms with Crippen molar-refractivity contribution in [1.29, 1.82) is 0 Å². The Labute approximate surface area is 174 Å². The highest BCUT2D eigenvalue weighted by Crippen LogP contribution is 2.32. The van der Waals surface area contributed by atoms with E-state index in [0.29, 0.717) is 17.1 Å². The van der Waals surface area contributed by atoms with Gasteiger partial charge in [0.05, 0.1) is 10.6 Å². The van der Waals surface area contributed by atoms with Crippen LogP contribution in [0.4, 0.5) is 10.8 Å². The summed E-state index contributed by atoms with van der Waals surface area (Å²) in [7, 11) is -3.76. The van der Waals surface area contributed by atoms with Crippen molar-refractivity contribution < 1.29 is 13.2 Å². The lowest BCUT2D eigenvalue weighted by Gasteiger charge is -2.29. The van der Waals surface area contributed by atoms with Crippen LogP contribution in [0.3, 0.4) is 0 Å². The third kappa shape index (κ3) is 3.90. The number of fused-ring (bicyclic) bond motifs is 1. The molecule has 1 N–H and O–H groups in total. The number of carbonyl (C=O) groups excluding carboxylic acids is 1. The molecule has 1 aromatic heterocycles. The van der Waals surface area contributed by atoms with Crippen LogP contribution in [0.2, 0.25) is 0 Å². The predicted octanol–water partition coefficient (Wildman–Crippen LogP) is 4.15. The minimum atomic E-state index is -3.76. The largest absolute Gasteiger partial charge is 0.307 e. The van der Waals surface area contributed by atoms with Crippen LogP contribution in [-0.4, -0.2) is 25.9 Å². The Hall–Kier alpha value is -2.71. The number of nitrogens with zero attached hydrogens (tertiary/aromatic N) is 2. The number of aryl methyl sites for hydroxylation is 3. The molecule has 0 spiro atoms. The lowest BCUT2D eigenvalue weighted by molar-refractivity contribution is 0.0988. The number of aromatic nitrogens is 1. The Morgan fingerprint density at radius 1 is 1.10 bits per heavy atom. The fourth-order valence-corrected chi connectivity index (χ4v) is 5.55. The first-order valence-corrected chi connectivity index (χ1v) is 11.6. The number of anilines is 2. The number of para-hydroxylation sites is 1. The second-order valence-corrected chi connectivity index (χ2v) is 9.72. The SMILES string of the molecule is Cc1ccc(S(=O)(=O)Nc2nc(C)c(C(=O)N3CCCc4ccccc43)s2)cc1. The number of amides is 1. The summed E-state index contributed by atoms with van der Waals surface area (Å²) in [4.78, 5) is 19.9. The van der Waals surface area contributed by atoms with Crippen LogP contribution in [0.1, 0.15) is 32.9 Å². The molecule has 0 fully saturated rings.